The summed E-state index contributed by atoms with van der Waals surface area (Å²) in [4.78, 5) is 14.4. The van der Waals surface area contributed by atoms with E-state index in [4.69, 9.17) is 16.3 Å². The van der Waals surface area contributed by atoms with Gasteiger partial charge in [-0.1, -0.05) is 35.9 Å². The van der Waals surface area contributed by atoms with Gasteiger partial charge in [-0.3, -0.25) is 9.10 Å². The zero-order valence-electron chi connectivity index (χ0n) is 15.3. The van der Waals surface area contributed by atoms with Gasteiger partial charge in [0, 0.05) is 13.1 Å². The van der Waals surface area contributed by atoms with Crippen LogP contribution in [0.4, 0.5) is 5.69 Å². The molecule has 1 aliphatic rings. The van der Waals surface area contributed by atoms with Crippen LogP contribution in [0.15, 0.2) is 66.1 Å². The maximum Gasteiger partial charge on any atom is 0.264 e. The first-order valence-corrected chi connectivity index (χ1v) is 10.6. The third-order valence-corrected chi connectivity index (χ3v) is 6.51. The summed E-state index contributed by atoms with van der Waals surface area (Å²) in [7, 11) is -3.91. The number of morpholine rings is 1. The van der Waals surface area contributed by atoms with E-state index < -0.39 is 10.0 Å². The normalized spacial score (nSPS) is 14.5. The Morgan fingerprint density at radius 3 is 2.50 bits per heavy atom. The molecule has 8 heteroatoms. The van der Waals surface area contributed by atoms with E-state index in [1.807, 2.05) is 6.07 Å². The molecular weight excluding hydrogens is 400 g/mol. The monoisotopic (exact) mass is 420 g/mol. The second kappa shape index (κ2) is 8.77. The van der Waals surface area contributed by atoms with Crippen molar-refractivity contribution in [2.24, 2.45) is 0 Å². The number of anilines is 1. The topological polar surface area (TPSA) is 66.9 Å². The van der Waals surface area contributed by atoms with Crippen molar-refractivity contribution in [3.8, 4) is 0 Å². The molecular formula is C20H21ClN2O4S. The van der Waals surface area contributed by atoms with Gasteiger partial charge in [-0.15, -0.1) is 6.58 Å². The van der Waals surface area contributed by atoms with E-state index in [1.54, 1.807) is 29.2 Å². The van der Waals surface area contributed by atoms with Gasteiger partial charge in [0.25, 0.3) is 15.9 Å². The third kappa shape index (κ3) is 4.22. The van der Waals surface area contributed by atoms with E-state index in [0.717, 1.165) is 0 Å². The zero-order valence-corrected chi connectivity index (χ0v) is 16.8. The van der Waals surface area contributed by atoms with Gasteiger partial charge in [0.15, 0.2) is 0 Å². The Kier molecular flexibility index (Phi) is 6.39. The number of hydrogen-bond donors (Lipinski definition) is 0. The average Bonchev–Trinajstić information content (AvgIpc) is 2.73. The smallest absolute Gasteiger partial charge is 0.264 e. The summed E-state index contributed by atoms with van der Waals surface area (Å²) in [6, 6.07) is 12.9. The van der Waals surface area contributed by atoms with E-state index in [9.17, 15) is 13.2 Å². The highest BCUT2D eigenvalue weighted by Gasteiger charge is 2.27. The minimum absolute atomic E-state index is 0.000729. The van der Waals surface area contributed by atoms with Gasteiger partial charge in [-0.2, -0.15) is 0 Å². The van der Waals surface area contributed by atoms with Gasteiger partial charge < -0.3 is 9.64 Å². The molecule has 148 valence electrons. The molecule has 1 saturated heterocycles. The van der Waals surface area contributed by atoms with Crippen LogP contribution in [0.5, 0.6) is 0 Å². The van der Waals surface area contributed by atoms with Crippen LogP contribution >= 0.6 is 11.6 Å². The lowest BCUT2D eigenvalue weighted by Gasteiger charge is -2.27. The predicted molar refractivity (Wildman–Crippen MR) is 109 cm³/mol. The second-order valence-electron chi connectivity index (χ2n) is 6.21. The molecule has 3 rings (SSSR count). The summed E-state index contributed by atoms with van der Waals surface area (Å²) < 4.78 is 33.1. The molecule has 0 aromatic heterocycles. The Hall–Kier alpha value is -2.35. The standard InChI is InChI=1S/C20H21ClN2O4S/c1-2-10-23(16-6-4-3-5-7-16)28(25,26)17-8-9-19(21)18(15-17)20(24)22-11-13-27-14-12-22/h2-9,15H,1,10-14H2. The summed E-state index contributed by atoms with van der Waals surface area (Å²) in [6.45, 7) is 5.53. The quantitative estimate of drug-likeness (QED) is 0.673. The molecule has 2 aromatic rings. The molecule has 0 aliphatic carbocycles. The molecule has 0 radical (unpaired) electrons. The fourth-order valence-electron chi connectivity index (χ4n) is 2.95. The number of carbonyl (C=O) groups excluding carboxylic acids is 1. The van der Waals surface area contributed by atoms with Gasteiger partial charge in [-0.05, 0) is 30.3 Å². The SMILES string of the molecule is C=CCN(c1ccccc1)S(=O)(=O)c1ccc(Cl)c(C(=O)N2CCOCC2)c1. The fourth-order valence-corrected chi connectivity index (χ4v) is 4.61. The first-order valence-electron chi connectivity index (χ1n) is 8.80. The maximum absolute atomic E-state index is 13.3. The van der Waals surface area contributed by atoms with Crippen molar-refractivity contribution in [1.82, 2.24) is 4.90 Å². The highest BCUT2D eigenvalue weighted by molar-refractivity contribution is 7.92. The molecule has 1 amide bonds. The Labute approximate surface area is 170 Å². The van der Waals surface area contributed by atoms with E-state index in [1.165, 1.54) is 28.6 Å². The van der Waals surface area contributed by atoms with Crippen molar-refractivity contribution in [1.29, 1.82) is 0 Å². The first-order chi connectivity index (χ1) is 13.4. The van der Waals surface area contributed by atoms with Crippen molar-refractivity contribution in [2.45, 2.75) is 4.90 Å². The molecule has 0 bridgehead atoms. The van der Waals surface area contributed by atoms with Gasteiger partial charge in [0.1, 0.15) is 0 Å². The number of carbonyl (C=O) groups is 1. The Bertz CT molecular complexity index is 957. The number of nitrogens with zero attached hydrogens (tertiary/aromatic N) is 2. The number of hydrogen-bond acceptors (Lipinski definition) is 4. The van der Waals surface area contributed by atoms with Gasteiger partial charge >= 0.3 is 0 Å². The van der Waals surface area contributed by atoms with Gasteiger partial charge in [-0.25, -0.2) is 8.42 Å². The number of rotatable bonds is 6. The number of para-hydroxylation sites is 1. The molecule has 0 spiro atoms. The Morgan fingerprint density at radius 2 is 1.86 bits per heavy atom. The molecule has 2 aromatic carbocycles. The minimum Gasteiger partial charge on any atom is -0.378 e. The van der Waals surface area contributed by atoms with Crippen LogP contribution < -0.4 is 4.31 Å². The van der Waals surface area contributed by atoms with Crippen LogP contribution in [0.25, 0.3) is 0 Å². The average molecular weight is 421 g/mol. The number of benzene rings is 2. The van der Waals surface area contributed by atoms with E-state index in [2.05, 4.69) is 6.58 Å². The van der Waals surface area contributed by atoms with Crippen molar-refractivity contribution < 1.29 is 17.9 Å². The number of sulfonamides is 1. The lowest BCUT2D eigenvalue weighted by molar-refractivity contribution is 0.0303. The van der Waals surface area contributed by atoms with Crippen LogP contribution in [0.1, 0.15) is 10.4 Å². The number of ether oxygens (including phenoxy) is 1. The Morgan fingerprint density at radius 1 is 1.18 bits per heavy atom. The van der Waals surface area contributed by atoms with Crippen molar-refractivity contribution in [2.75, 3.05) is 37.2 Å². The highest BCUT2D eigenvalue weighted by Crippen LogP contribution is 2.27. The number of halogens is 1. The number of amides is 1. The third-order valence-electron chi connectivity index (χ3n) is 4.39. The van der Waals surface area contributed by atoms with Crippen LogP contribution in [-0.2, 0) is 14.8 Å². The largest absolute Gasteiger partial charge is 0.378 e. The van der Waals surface area contributed by atoms with Crippen LogP contribution in [0.2, 0.25) is 5.02 Å². The second-order valence-corrected chi connectivity index (χ2v) is 8.48. The molecule has 0 atom stereocenters. The molecule has 28 heavy (non-hydrogen) atoms. The van der Waals surface area contributed by atoms with Crippen molar-refractivity contribution in [3.63, 3.8) is 0 Å². The van der Waals surface area contributed by atoms with Crippen molar-refractivity contribution in [3.05, 3.63) is 71.8 Å². The van der Waals surface area contributed by atoms with E-state index in [0.29, 0.717) is 32.0 Å². The van der Waals surface area contributed by atoms with Gasteiger partial charge in [0.05, 0.1) is 40.9 Å². The zero-order chi connectivity index (χ0) is 20.1. The molecule has 1 heterocycles. The van der Waals surface area contributed by atoms with E-state index >= 15 is 0 Å². The molecule has 0 N–H and O–H groups in total. The highest BCUT2D eigenvalue weighted by atomic mass is 35.5. The van der Waals surface area contributed by atoms with Crippen molar-refractivity contribution >= 4 is 33.2 Å². The molecule has 6 nitrogen and oxygen atoms in total. The molecule has 0 saturated carbocycles. The Balaban J connectivity index is 1.99. The summed E-state index contributed by atoms with van der Waals surface area (Å²) in [6.07, 6.45) is 1.51. The molecule has 1 fully saturated rings. The minimum atomic E-state index is -3.91. The fraction of sp³-hybridized carbons (Fsp3) is 0.250. The first kappa shape index (κ1) is 20.4. The summed E-state index contributed by atoms with van der Waals surface area (Å²) >= 11 is 6.21. The van der Waals surface area contributed by atoms with Crippen LogP contribution in [0.3, 0.4) is 0 Å². The van der Waals surface area contributed by atoms with Crippen LogP contribution in [0, 0.1) is 0 Å². The predicted octanol–water partition coefficient (Wildman–Crippen LogP) is 3.19. The van der Waals surface area contributed by atoms with E-state index in [-0.39, 0.29) is 27.9 Å². The summed E-state index contributed by atoms with van der Waals surface area (Å²) in [5, 5.41) is 0.213. The molecule has 0 unspecified atom stereocenters. The lowest BCUT2D eigenvalue weighted by atomic mass is 10.2. The van der Waals surface area contributed by atoms with Crippen LogP contribution in [-0.4, -0.2) is 52.1 Å². The maximum atomic E-state index is 13.3. The summed E-state index contributed by atoms with van der Waals surface area (Å²) in [5.74, 6) is -0.305. The van der Waals surface area contributed by atoms with Gasteiger partial charge in [0.2, 0.25) is 0 Å². The lowest BCUT2D eigenvalue weighted by Crippen LogP contribution is -2.41. The molecule has 1 aliphatic heterocycles. The summed E-state index contributed by atoms with van der Waals surface area (Å²) in [5.41, 5.74) is 0.676.